The number of likely N-dealkylation sites (tertiary alicyclic amines) is 1. The maximum Gasteiger partial charge on any atom is 0.239 e. The minimum atomic E-state index is -3.40. The Morgan fingerprint density at radius 3 is 2.33 bits per heavy atom. The second kappa shape index (κ2) is 6.59. The molecule has 5 rings (SSSR count). The van der Waals surface area contributed by atoms with E-state index in [1.807, 2.05) is 0 Å². The van der Waals surface area contributed by atoms with Crippen molar-refractivity contribution < 1.29 is 13.2 Å². The Hall–Kier alpha value is -1.40. The van der Waals surface area contributed by atoms with E-state index in [0.717, 1.165) is 50.8 Å². The fraction of sp³-hybridized carbons (Fsp3) is 0.667. The zero-order chi connectivity index (χ0) is 18.6. The van der Waals surface area contributed by atoms with Crippen molar-refractivity contribution in [3.63, 3.8) is 0 Å². The molecule has 1 atom stereocenters. The van der Waals surface area contributed by atoms with E-state index in [1.54, 1.807) is 0 Å². The first-order valence-electron chi connectivity index (χ1n) is 10.4. The number of hydrogen-bond acceptors (Lipinski definition) is 4. The lowest BCUT2D eigenvalue weighted by Crippen LogP contribution is -2.34. The van der Waals surface area contributed by atoms with Gasteiger partial charge in [0.1, 0.15) is 5.75 Å². The smallest absolute Gasteiger partial charge is 0.239 e. The lowest BCUT2D eigenvalue weighted by Gasteiger charge is -2.17. The van der Waals surface area contributed by atoms with E-state index in [-0.39, 0.29) is 16.9 Å². The monoisotopic (exact) mass is 388 g/mol. The maximum absolute atomic E-state index is 12.8. The van der Waals surface area contributed by atoms with Gasteiger partial charge in [0.2, 0.25) is 5.91 Å². The molecule has 0 aromatic heterocycles. The van der Waals surface area contributed by atoms with E-state index in [9.17, 15) is 13.2 Å². The number of anilines is 1. The van der Waals surface area contributed by atoms with E-state index in [0.29, 0.717) is 19.0 Å². The standard InChI is InChI=1S/C21H28N2O3S/c24-20(13-27(25,26)17-9-10-23(12-17)16-7-8-16)22-21-18-5-1-3-14(18)11-15-4-2-6-19(15)21/h11,16-17H,1-10,12-13H2,(H,22,24). The predicted octanol–water partition coefficient (Wildman–Crippen LogP) is 2.25. The molecule has 3 aliphatic carbocycles. The minimum Gasteiger partial charge on any atom is -0.325 e. The lowest BCUT2D eigenvalue weighted by molar-refractivity contribution is -0.113. The highest BCUT2D eigenvalue weighted by Crippen LogP contribution is 2.38. The van der Waals surface area contributed by atoms with Crippen LogP contribution in [0.5, 0.6) is 0 Å². The van der Waals surface area contributed by atoms with Crippen molar-refractivity contribution in [1.29, 1.82) is 0 Å². The molecule has 4 aliphatic rings. The number of sulfone groups is 1. The van der Waals surface area contributed by atoms with Gasteiger partial charge in [-0.15, -0.1) is 0 Å². The van der Waals surface area contributed by atoms with Crippen LogP contribution in [0, 0.1) is 0 Å². The number of amides is 1. The molecular weight excluding hydrogens is 360 g/mol. The Balaban J connectivity index is 1.31. The molecule has 27 heavy (non-hydrogen) atoms. The number of benzene rings is 1. The van der Waals surface area contributed by atoms with E-state index < -0.39 is 9.84 Å². The number of fused-ring (bicyclic) bond motifs is 2. The van der Waals surface area contributed by atoms with Crippen molar-refractivity contribution in [3.8, 4) is 0 Å². The number of nitrogens with one attached hydrogen (secondary N) is 1. The summed E-state index contributed by atoms with van der Waals surface area (Å²) in [5.74, 6) is -0.733. The first kappa shape index (κ1) is 17.7. The van der Waals surface area contributed by atoms with Crippen LogP contribution in [0.15, 0.2) is 6.07 Å². The van der Waals surface area contributed by atoms with Crippen LogP contribution in [-0.4, -0.2) is 49.4 Å². The van der Waals surface area contributed by atoms with E-state index in [2.05, 4.69) is 16.3 Å². The molecule has 1 aliphatic heterocycles. The predicted molar refractivity (Wildman–Crippen MR) is 106 cm³/mol. The van der Waals surface area contributed by atoms with Gasteiger partial charge in [0.05, 0.1) is 5.25 Å². The van der Waals surface area contributed by atoms with Crippen LogP contribution in [0.3, 0.4) is 0 Å². The van der Waals surface area contributed by atoms with Crippen molar-refractivity contribution in [3.05, 3.63) is 28.3 Å². The van der Waals surface area contributed by atoms with Gasteiger partial charge in [0.15, 0.2) is 9.84 Å². The zero-order valence-corrected chi connectivity index (χ0v) is 16.6. The molecule has 146 valence electrons. The van der Waals surface area contributed by atoms with Gasteiger partial charge in [0, 0.05) is 18.3 Å². The Labute approximate surface area is 161 Å². The van der Waals surface area contributed by atoms with Crippen molar-refractivity contribution in [2.24, 2.45) is 0 Å². The largest absolute Gasteiger partial charge is 0.325 e. The van der Waals surface area contributed by atoms with Crippen LogP contribution in [-0.2, 0) is 40.3 Å². The summed E-state index contributed by atoms with van der Waals surface area (Å²) >= 11 is 0. The van der Waals surface area contributed by atoms with Gasteiger partial charge in [-0.1, -0.05) is 6.07 Å². The van der Waals surface area contributed by atoms with Crippen LogP contribution in [0.1, 0.15) is 54.4 Å². The summed E-state index contributed by atoms with van der Waals surface area (Å²) in [5, 5.41) is 2.66. The van der Waals surface area contributed by atoms with Crippen molar-refractivity contribution in [2.45, 2.75) is 69.1 Å². The summed E-state index contributed by atoms with van der Waals surface area (Å²) in [7, 11) is -3.40. The van der Waals surface area contributed by atoms with Gasteiger partial charge >= 0.3 is 0 Å². The molecule has 1 aromatic carbocycles. The van der Waals surface area contributed by atoms with E-state index in [4.69, 9.17) is 0 Å². The van der Waals surface area contributed by atoms with Crippen LogP contribution in [0.2, 0.25) is 0 Å². The summed E-state index contributed by atoms with van der Waals surface area (Å²) in [4.78, 5) is 15.0. The number of carbonyl (C=O) groups is 1. The molecule has 0 bridgehead atoms. The molecule has 5 nitrogen and oxygen atoms in total. The highest BCUT2D eigenvalue weighted by Gasteiger charge is 2.40. The van der Waals surface area contributed by atoms with Crippen molar-refractivity contribution in [2.75, 3.05) is 24.2 Å². The van der Waals surface area contributed by atoms with E-state index >= 15 is 0 Å². The molecule has 1 saturated carbocycles. The molecule has 1 saturated heterocycles. The molecule has 1 N–H and O–H groups in total. The number of aryl methyl sites for hydroxylation is 2. The van der Waals surface area contributed by atoms with Gasteiger partial charge in [-0.2, -0.15) is 0 Å². The summed E-state index contributed by atoms with van der Waals surface area (Å²) < 4.78 is 25.6. The normalized spacial score (nSPS) is 24.8. The first-order chi connectivity index (χ1) is 13.0. The highest BCUT2D eigenvalue weighted by atomic mass is 32.2. The zero-order valence-electron chi connectivity index (χ0n) is 15.8. The third-order valence-electron chi connectivity index (χ3n) is 6.82. The molecule has 1 aromatic rings. The highest BCUT2D eigenvalue weighted by molar-refractivity contribution is 7.92. The first-order valence-corrected chi connectivity index (χ1v) is 12.1. The van der Waals surface area contributed by atoms with Crippen molar-refractivity contribution >= 4 is 21.4 Å². The van der Waals surface area contributed by atoms with E-state index in [1.165, 1.54) is 35.1 Å². The molecule has 6 heteroatoms. The number of rotatable bonds is 5. The average molecular weight is 389 g/mol. The number of carbonyl (C=O) groups excluding carboxylic acids is 1. The molecular formula is C21H28N2O3S. The molecule has 1 amide bonds. The number of nitrogens with zero attached hydrogens (tertiary/aromatic N) is 1. The molecule has 2 fully saturated rings. The topological polar surface area (TPSA) is 66.5 Å². The van der Waals surface area contributed by atoms with Crippen LogP contribution < -0.4 is 5.32 Å². The quantitative estimate of drug-likeness (QED) is 0.840. The number of hydrogen-bond donors (Lipinski definition) is 1. The van der Waals surface area contributed by atoms with Gasteiger partial charge < -0.3 is 5.32 Å². The van der Waals surface area contributed by atoms with Crippen LogP contribution >= 0.6 is 0 Å². The molecule has 0 radical (unpaired) electrons. The summed E-state index contributed by atoms with van der Waals surface area (Å²) in [6.07, 6.45) is 9.42. The third-order valence-corrected chi connectivity index (χ3v) is 8.88. The summed E-state index contributed by atoms with van der Waals surface area (Å²) in [6, 6.07) is 2.91. The van der Waals surface area contributed by atoms with Gasteiger partial charge in [0.25, 0.3) is 0 Å². The van der Waals surface area contributed by atoms with Crippen LogP contribution in [0.25, 0.3) is 0 Å². The fourth-order valence-corrected chi connectivity index (χ4v) is 6.82. The third kappa shape index (κ3) is 3.31. The lowest BCUT2D eigenvalue weighted by atomic mass is 9.98. The average Bonchev–Trinajstić information content (AvgIpc) is 3.05. The van der Waals surface area contributed by atoms with Crippen molar-refractivity contribution in [1.82, 2.24) is 4.90 Å². The van der Waals surface area contributed by atoms with Gasteiger partial charge in [-0.3, -0.25) is 9.69 Å². The second-order valence-corrected chi connectivity index (χ2v) is 11.0. The molecule has 0 spiro atoms. The second-order valence-electron chi connectivity index (χ2n) is 8.73. The molecule has 1 heterocycles. The minimum absolute atomic E-state index is 0.353. The van der Waals surface area contributed by atoms with Crippen LogP contribution in [0.4, 0.5) is 5.69 Å². The Morgan fingerprint density at radius 1 is 1.04 bits per heavy atom. The SMILES string of the molecule is O=C(CS(=O)(=O)C1CCN(C2CC2)C1)Nc1c2c(cc3c1CCC3)CCC2. The molecule has 1 unspecified atom stereocenters. The summed E-state index contributed by atoms with van der Waals surface area (Å²) in [5.41, 5.74) is 6.16. The maximum atomic E-state index is 12.8. The van der Waals surface area contributed by atoms with Gasteiger partial charge in [-0.05, 0) is 86.6 Å². The Bertz CT molecular complexity index is 857. The fourth-order valence-electron chi connectivity index (χ4n) is 5.26. The summed E-state index contributed by atoms with van der Waals surface area (Å²) in [6.45, 7) is 1.46. The Kier molecular flexibility index (Phi) is 4.32. The van der Waals surface area contributed by atoms with Gasteiger partial charge in [-0.25, -0.2) is 8.42 Å². The Morgan fingerprint density at radius 2 is 1.70 bits per heavy atom.